The van der Waals surface area contributed by atoms with Gasteiger partial charge in [-0.15, -0.1) is 0 Å². The summed E-state index contributed by atoms with van der Waals surface area (Å²) < 4.78 is 0. The Morgan fingerprint density at radius 3 is 2.08 bits per heavy atom. The van der Waals surface area contributed by atoms with E-state index in [1.165, 1.54) is 0 Å². The van der Waals surface area contributed by atoms with Crippen LogP contribution >= 0.6 is 0 Å². The molecule has 0 atom stereocenters. The second kappa shape index (κ2) is 5.93. The van der Waals surface area contributed by atoms with Crippen LogP contribution in [0.25, 0.3) is 33.2 Å². The van der Waals surface area contributed by atoms with Crippen molar-refractivity contribution in [1.29, 1.82) is 0 Å². The second-order valence-corrected chi connectivity index (χ2v) is 5.73. The average Bonchev–Trinajstić information content (AvgIpc) is 2.65. The maximum atomic E-state index is 11.9. The number of aromatic carboxylic acids is 2. The SMILES string of the molecule is O=C(O)c1c(-c2ccc3ccccc3n2)nc2ccccc2c1C(=O)O. The van der Waals surface area contributed by atoms with E-state index in [-0.39, 0.29) is 22.2 Å². The Kier molecular flexibility index (Phi) is 3.58. The number of carboxylic acids is 2. The molecule has 126 valence electrons. The quantitative estimate of drug-likeness (QED) is 0.585. The van der Waals surface area contributed by atoms with Gasteiger partial charge in [0.15, 0.2) is 0 Å². The van der Waals surface area contributed by atoms with Crippen molar-refractivity contribution in [2.24, 2.45) is 0 Å². The van der Waals surface area contributed by atoms with Gasteiger partial charge in [-0.05, 0) is 18.2 Å². The van der Waals surface area contributed by atoms with Crippen LogP contribution in [0.1, 0.15) is 20.7 Å². The highest BCUT2D eigenvalue weighted by Gasteiger charge is 2.26. The number of aromatic nitrogens is 2. The minimum atomic E-state index is -1.36. The molecule has 2 heterocycles. The number of para-hydroxylation sites is 2. The second-order valence-electron chi connectivity index (χ2n) is 5.73. The molecule has 6 heteroatoms. The summed E-state index contributed by atoms with van der Waals surface area (Å²) in [7, 11) is 0. The topological polar surface area (TPSA) is 100 Å². The van der Waals surface area contributed by atoms with Crippen LogP contribution in [0, 0.1) is 0 Å². The summed E-state index contributed by atoms with van der Waals surface area (Å²) >= 11 is 0. The van der Waals surface area contributed by atoms with Crippen LogP contribution in [0.2, 0.25) is 0 Å². The molecule has 0 unspecified atom stereocenters. The van der Waals surface area contributed by atoms with Crippen LogP contribution in [-0.4, -0.2) is 32.1 Å². The fourth-order valence-electron chi connectivity index (χ4n) is 3.03. The van der Waals surface area contributed by atoms with Gasteiger partial charge in [0.05, 0.1) is 22.3 Å². The predicted molar refractivity (Wildman–Crippen MR) is 96.4 cm³/mol. The third-order valence-electron chi connectivity index (χ3n) is 4.16. The van der Waals surface area contributed by atoms with Crippen molar-refractivity contribution in [1.82, 2.24) is 9.97 Å². The molecule has 6 nitrogen and oxygen atoms in total. The van der Waals surface area contributed by atoms with Crippen LogP contribution in [-0.2, 0) is 0 Å². The molecule has 2 aromatic carbocycles. The highest BCUT2D eigenvalue weighted by Crippen LogP contribution is 2.30. The van der Waals surface area contributed by atoms with Crippen molar-refractivity contribution in [3.63, 3.8) is 0 Å². The first-order valence-electron chi connectivity index (χ1n) is 7.82. The fraction of sp³-hybridized carbons (Fsp3) is 0. The lowest BCUT2D eigenvalue weighted by atomic mass is 9.98. The summed E-state index contributed by atoms with van der Waals surface area (Å²) in [4.78, 5) is 32.6. The van der Waals surface area contributed by atoms with Crippen molar-refractivity contribution in [3.05, 3.63) is 71.8 Å². The molecular formula is C20H12N2O4. The van der Waals surface area contributed by atoms with Crippen molar-refractivity contribution in [2.45, 2.75) is 0 Å². The summed E-state index contributed by atoms with van der Waals surface area (Å²) in [5.41, 5.74) is 0.786. The molecule has 2 N–H and O–H groups in total. The Labute approximate surface area is 147 Å². The van der Waals surface area contributed by atoms with E-state index in [0.717, 1.165) is 5.39 Å². The predicted octanol–water partition coefficient (Wildman–Crippen LogP) is 3.85. The van der Waals surface area contributed by atoms with Gasteiger partial charge in [-0.1, -0.05) is 42.5 Å². The van der Waals surface area contributed by atoms with E-state index in [4.69, 9.17) is 0 Å². The average molecular weight is 344 g/mol. The molecule has 0 radical (unpaired) electrons. The van der Waals surface area contributed by atoms with E-state index in [1.54, 1.807) is 42.5 Å². The molecule has 0 aliphatic carbocycles. The summed E-state index contributed by atoms with van der Waals surface area (Å²) in [6.07, 6.45) is 0. The van der Waals surface area contributed by atoms with E-state index >= 15 is 0 Å². The van der Waals surface area contributed by atoms with Gasteiger partial charge in [0, 0.05) is 10.8 Å². The lowest BCUT2D eigenvalue weighted by Crippen LogP contribution is -2.13. The molecule has 0 bridgehead atoms. The number of benzene rings is 2. The van der Waals surface area contributed by atoms with Gasteiger partial charge < -0.3 is 10.2 Å². The van der Waals surface area contributed by atoms with E-state index in [9.17, 15) is 19.8 Å². The van der Waals surface area contributed by atoms with Crippen LogP contribution in [0.15, 0.2) is 60.7 Å². The number of pyridine rings is 2. The molecule has 0 fully saturated rings. The van der Waals surface area contributed by atoms with Crippen LogP contribution in [0.3, 0.4) is 0 Å². The van der Waals surface area contributed by atoms with Crippen LogP contribution in [0.4, 0.5) is 0 Å². The molecule has 0 spiro atoms. The lowest BCUT2D eigenvalue weighted by molar-refractivity contribution is 0.0653. The highest BCUT2D eigenvalue weighted by atomic mass is 16.4. The molecule has 0 saturated carbocycles. The molecule has 2 aromatic heterocycles. The van der Waals surface area contributed by atoms with E-state index in [0.29, 0.717) is 16.7 Å². The third kappa shape index (κ3) is 2.44. The van der Waals surface area contributed by atoms with E-state index in [2.05, 4.69) is 9.97 Å². The largest absolute Gasteiger partial charge is 0.478 e. The zero-order valence-corrected chi connectivity index (χ0v) is 13.4. The van der Waals surface area contributed by atoms with Crippen molar-refractivity contribution in [3.8, 4) is 11.4 Å². The van der Waals surface area contributed by atoms with Crippen molar-refractivity contribution < 1.29 is 19.8 Å². The van der Waals surface area contributed by atoms with Gasteiger partial charge in [-0.25, -0.2) is 19.6 Å². The van der Waals surface area contributed by atoms with E-state index < -0.39 is 11.9 Å². The van der Waals surface area contributed by atoms with Gasteiger partial charge in [0.2, 0.25) is 0 Å². The van der Waals surface area contributed by atoms with Crippen LogP contribution in [0.5, 0.6) is 0 Å². The molecule has 0 amide bonds. The third-order valence-corrected chi connectivity index (χ3v) is 4.16. The van der Waals surface area contributed by atoms with Crippen molar-refractivity contribution in [2.75, 3.05) is 0 Å². The highest BCUT2D eigenvalue weighted by molar-refractivity contribution is 6.14. The Hall–Kier alpha value is -3.80. The van der Waals surface area contributed by atoms with Gasteiger partial charge >= 0.3 is 11.9 Å². The first-order valence-corrected chi connectivity index (χ1v) is 7.82. The smallest absolute Gasteiger partial charge is 0.338 e. The molecule has 4 aromatic rings. The maximum Gasteiger partial charge on any atom is 0.338 e. The first kappa shape index (κ1) is 15.7. The molecule has 0 saturated heterocycles. The maximum absolute atomic E-state index is 11.9. The zero-order valence-electron chi connectivity index (χ0n) is 13.4. The molecule has 0 aliphatic heterocycles. The van der Waals surface area contributed by atoms with Crippen molar-refractivity contribution >= 4 is 33.7 Å². The summed E-state index contributed by atoms with van der Waals surface area (Å²) in [6.45, 7) is 0. The number of carbonyl (C=O) groups is 2. The summed E-state index contributed by atoms with van der Waals surface area (Å²) in [5.74, 6) is -2.67. The number of nitrogens with zero attached hydrogens (tertiary/aromatic N) is 2. The number of carboxylic acid groups (broad SMARTS) is 2. The van der Waals surface area contributed by atoms with Crippen LogP contribution < -0.4 is 0 Å². The number of fused-ring (bicyclic) bond motifs is 2. The summed E-state index contributed by atoms with van der Waals surface area (Å²) in [5, 5.41) is 20.5. The minimum Gasteiger partial charge on any atom is -0.478 e. The van der Waals surface area contributed by atoms with E-state index in [1.807, 2.05) is 18.2 Å². The molecule has 26 heavy (non-hydrogen) atoms. The summed E-state index contributed by atoms with van der Waals surface area (Å²) in [6, 6.07) is 17.4. The zero-order chi connectivity index (χ0) is 18.3. The van der Waals surface area contributed by atoms with Gasteiger partial charge in [0.25, 0.3) is 0 Å². The van der Waals surface area contributed by atoms with Gasteiger partial charge in [-0.2, -0.15) is 0 Å². The molecular weight excluding hydrogens is 332 g/mol. The Bertz CT molecular complexity index is 1200. The normalized spacial score (nSPS) is 10.9. The Morgan fingerprint density at radius 2 is 1.35 bits per heavy atom. The lowest BCUT2D eigenvalue weighted by Gasteiger charge is -2.12. The number of hydrogen-bond acceptors (Lipinski definition) is 4. The number of hydrogen-bond donors (Lipinski definition) is 2. The first-order chi connectivity index (χ1) is 12.6. The van der Waals surface area contributed by atoms with Gasteiger partial charge in [-0.3, -0.25) is 0 Å². The van der Waals surface area contributed by atoms with Gasteiger partial charge in [0.1, 0.15) is 11.3 Å². The number of rotatable bonds is 3. The molecule has 4 rings (SSSR count). The Morgan fingerprint density at radius 1 is 0.692 bits per heavy atom. The minimum absolute atomic E-state index is 0.0411. The standard InChI is InChI=1S/C20H12N2O4/c23-19(24)16-12-6-2-4-8-14(12)22-18(17(16)20(25)26)15-10-9-11-5-1-3-7-13(11)21-15/h1-10H,(H,23,24)(H,25,26). The molecule has 0 aliphatic rings. The monoisotopic (exact) mass is 344 g/mol. The fourth-order valence-corrected chi connectivity index (χ4v) is 3.03. The Balaban J connectivity index is 2.12.